The molecule has 0 atom stereocenters. The van der Waals surface area contributed by atoms with Gasteiger partial charge in [-0.2, -0.15) is 15.4 Å². The summed E-state index contributed by atoms with van der Waals surface area (Å²) < 4.78 is 0. The zero-order valence-electron chi connectivity index (χ0n) is 10.0. The van der Waals surface area contributed by atoms with Crippen molar-refractivity contribution in [2.24, 2.45) is 0 Å². The molecule has 2 aromatic carbocycles. The van der Waals surface area contributed by atoms with Crippen LogP contribution in [-0.2, 0) is 0 Å². The first-order valence-corrected chi connectivity index (χ1v) is 4.79. The number of H-pyrrole nitrogens is 1. The Morgan fingerprint density at radius 3 is 2.62 bits per heavy atom. The monoisotopic (exact) mass is 219 g/mol. The topological polar surface area (TPSA) is 41.6 Å². The Labute approximate surface area is 117 Å². The third kappa shape index (κ3) is 1.89. The van der Waals surface area contributed by atoms with Crippen LogP contribution in [0, 0.1) is 0 Å². The molecule has 0 bridgehead atoms. The number of aromatic amines is 1. The van der Waals surface area contributed by atoms with Crippen LogP contribution in [0.2, 0.25) is 0 Å². The molecule has 0 amide bonds. The van der Waals surface area contributed by atoms with E-state index < -0.39 is 0 Å². The summed E-state index contributed by atoms with van der Waals surface area (Å²) >= 11 is 0. The second-order valence-electron chi connectivity index (χ2n) is 3.38. The molecule has 0 aliphatic rings. The second-order valence-corrected chi connectivity index (χ2v) is 3.38. The van der Waals surface area contributed by atoms with E-state index in [9.17, 15) is 0 Å². The van der Waals surface area contributed by atoms with Gasteiger partial charge in [-0.15, -0.1) is 0 Å². The van der Waals surface area contributed by atoms with E-state index in [4.69, 9.17) is 0 Å². The Balaban J connectivity index is 0.000000722. The van der Waals surface area contributed by atoms with Crippen LogP contribution in [-0.4, -0.2) is 15.4 Å². The van der Waals surface area contributed by atoms with E-state index in [1.165, 1.54) is 10.8 Å². The van der Waals surface area contributed by atoms with Crippen molar-refractivity contribution in [2.45, 2.75) is 0 Å². The van der Waals surface area contributed by atoms with Crippen LogP contribution in [0.3, 0.4) is 0 Å². The first-order valence-electron chi connectivity index (χ1n) is 4.79. The van der Waals surface area contributed by atoms with Gasteiger partial charge in [-0.1, -0.05) is 42.5 Å². The standard InChI is InChI=1S/C12H9N3.Na.H/c1-2-6-10-9(4-1)5-3-7-11(10)12-8-13-15-14-12;;/h1-8H,(H,13,14,15);;/q;+1;-1. The Kier molecular flexibility index (Phi) is 3.39. The molecule has 74 valence electrons. The van der Waals surface area contributed by atoms with Gasteiger partial charge in [-0.05, 0) is 10.8 Å². The van der Waals surface area contributed by atoms with E-state index in [1.807, 2.05) is 18.2 Å². The fourth-order valence-corrected chi connectivity index (χ4v) is 1.78. The van der Waals surface area contributed by atoms with Crippen LogP contribution < -0.4 is 29.6 Å². The van der Waals surface area contributed by atoms with Crippen LogP contribution in [0.1, 0.15) is 1.43 Å². The molecule has 0 unspecified atom stereocenters. The molecule has 0 aliphatic heterocycles. The predicted octanol–water partition coefficient (Wildman–Crippen LogP) is -0.259. The minimum absolute atomic E-state index is 0. The molecule has 3 aromatic rings. The van der Waals surface area contributed by atoms with Crippen molar-refractivity contribution in [1.82, 2.24) is 15.4 Å². The third-order valence-electron chi connectivity index (χ3n) is 2.48. The summed E-state index contributed by atoms with van der Waals surface area (Å²) in [5.74, 6) is 0. The zero-order valence-corrected chi connectivity index (χ0v) is 11.0. The summed E-state index contributed by atoms with van der Waals surface area (Å²) in [4.78, 5) is 0. The summed E-state index contributed by atoms with van der Waals surface area (Å²) in [6, 6.07) is 14.4. The minimum atomic E-state index is 0. The van der Waals surface area contributed by atoms with Crippen LogP contribution in [0.15, 0.2) is 48.7 Å². The van der Waals surface area contributed by atoms with Crippen LogP contribution in [0.25, 0.3) is 22.0 Å². The molecule has 0 aliphatic carbocycles. The van der Waals surface area contributed by atoms with Gasteiger partial charge in [0.2, 0.25) is 0 Å². The molecule has 0 radical (unpaired) electrons. The fraction of sp³-hybridized carbons (Fsp3) is 0. The molecule has 1 aromatic heterocycles. The van der Waals surface area contributed by atoms with E-state index in [2.05, 4.69) is 39.7 Å². The van der Waals surface area contributed by atoms with E-state index in [0.717, 1.165) is 11.3 Å². The minimum Gasteiger partial charge on any atom is -1.00 e. The summed E-state index contributed by atoms with van der Waals surface area (Å²) in [7, 11) is 0. The smallest absolute Gasteiger partial charge is 1.00 e. The largest absolute Gasteiger partial charge is 1.00 e. The number of fused-ring (bicyclic) bond motifs is 1. The van der Waals surface area contributed by atoms with Gasteiger partial charge in [-0.3, -0.25) is 0 Å². The summed E-state index contributed by atoms with van der Waals surface area (Å²) in [6.45, 7) is 0. The number of nitrogens with zero attached hydrogens (tertiary/aromatic N) is 2. The normalized spacial score (nSPS) is 10.0. The molecule has 4 heteroatoms. The number of hydrogen-bond acceptors (Lipinski definition) is 2. The Bertz CT molecular complexity index is 590. The zero-order chi connectivity index (χ0) is 10.1. The summed E-state index contributed by atoms with van der Waals surface area (Å²) in [5, 5.41) is 13.0. The molecule has 0 spiro atoms. The number of hydrogen-bond donors (Lipinski definition) is 1. The summed E-state index contributed by atoms with van der Waals surface area (Å²) in [6.07, 6.45) is 1.74. The van der Waals surface area contributed by atoms with Gasteiger partial charge in [-0.25, -0.2) is 0 Å². The van der Waals surface area contributed by atoms with Gasteiger partial charge in [0, 0.05) is 5.56 Å². The molecule has 0 fully saturated rings. The Morgan fingerprint density at radius 2 is 1.81 bits per heavy atom. The van der Waals surface area contributed by atoms with Gasteiger partial charge >= 0.3 is 29.6 Å². The van der Waals surface area contributed by atoms with E-state index in [-0.39, 0.29) is 31.0 Å². The van der Waals surface area contributed by atoms with Gasteiger partial charge in [0.05, 0.1) is 6.20 Å². The SMILES string of the molecule is [H-].[Na+].c1ccc2c(-c3cn[nH]n3)cccc2c1. The average Bonchev–Trinajstić information content (AvgIpc) is 2.82. The van der Waals surface area contributed by atoms with Gasteiger partial charge in [0.15, 0.2) is 0 Å². The molecular weight excluding hydrogens is 209 g/mol. The van der Waals surface area contributed by atoms with Crippen LogP contribution in [0.4, 0.5) is 0 Å². The Hall–Kier alpha value is -1.16. The van der Waals surface area contributed by atoms with Gasteiger partial charge < -0.3 is 1.43 Å². The van der Waals surface area contributed by atoms with Gasteiger partial charge in [0.1, 0.15) is 5.69 Å². The van der Waals surface area contributed by atoms with Gasteiger partial charge in [0.25, 0.3) is 0 Å². The maximum atomic E-state index is 4.10. The van der Waals surface area contributed by atoms with Crippen molar-refractivity contribution >= 4 is 10.8 Å². The molecule has 0 saturated heterocycles. The number of benzene rings is 2. The molecule has 3 rings (SSSR count). The number of rotatable bonds is 1. The van der Waals surface area contributed by atoms with E-state index in [0.29, 0.717) is 0 Å². The maximum Gasteiger partial charge on any atom is 1.00 e. The fourth-order valence-electron chi connectivity index (χ4n) is 1.78. The summed E-state index contributed by atoms with van der Waals surface area (Å²) in [5.41, 5.74) is 1.99. The number of aromatic nitrogens is 3. The molecule has 3 nitrogen and oxygen atoms in total. The van der Waals surface area contributed by atoms with Crippen LogP contribution >= 0.6 is 0 Å². The molecule has 0 saturated carbocycles. The van der Waals surface area contributed by atoms with E-state index in [1.54, 1.807) is 6.20 Å². The van der Waals surface area contributed by atoms with Crippen molar-refractivity contribution in [3.8, 4) is 11.3 Å². The third-order valence-corrected chi connectivity index (χ3v) is 2.48. The van der Waals surface area contributed by atoms with Crippen molar-refractivity contribution in [3.05, 3.63) is 48.7 Å². The van der Waals surface area contributed by atoms with Crippen molar-refractivity contribution in [1.29, 1.82) is 0 Å². The first kappa shape index (κ1) is 11.3. The molecular formula is C12H10N3Na. The molecule has 1 heterocycles. The predicted molar refractivity (Wildman–Crippen MR) is 60.4 cm³/mol. The Morgan fingerprint density at radius 1 is 1.00 bits per heavy atom. The van der Waals surface area contributed by atoms with Crippen molar-refractivity contribution < 1.29 is 31.0 Å². The second kappa shape index (κ2) is 4.78. The van der Waals surface area contributed by atoms with Crippen molar-refractivity contribution in [2.75, 3.05) is 0 Å². The molecule has 1 N–H and O–H groups in total. The average molecular weight is 219 g/mol. The van der Waals surface area contributed by atoms with Crippen LogP contribution in [0.5, 0.6) is 0 Å². The van der Waals surface area contributed by atoms with Crippen molar-refractivity contribution in [3.63, 3.8) is 0 Å². The quantitative estimate of drug-likeness (QED) is 0.573. The van der Waals surface area contributed by atoms with E-state index >= 15 is 0 Å². The number of nitrogens with one attached hydrogen (secondary N) is 1. The first-order chi connectivity index (χ1) is 7.45. The molecule has 16 heavy (non-hydrogen) atoms. The maximum absolute atomic E-state index is 4.10.